The van der Waals surface area contributed by atoms with Crippen LogP contribution in [0.3, 0.4) is 0 Å². The van der Waals surface area contributed by atoms with Crippen LogP contribution >= 0.6 is 15.9 Å². The van der Waals surface area contributed by atoms with Crippen LogP contribution in [0.5, 0.6) is 0 Å². The van der Waals surface area contributed by atoms with Crippen LogP contribution in [-0.4, -0.2) is 5.78 Å². The summed E-state index contributed by atoms with van der Waals surface area (Å²) in [5, 5.41) is 8.93. The van der Waals surface area contributed by atoms with E-state index in [1.807, 2.05) is 19.1 Å². The van der Waals surface area contributed by atoms with E-state index in [4.69, 9.17) is 5.26 Å². The average Bonchev–Trinajstić information content (AvgIpc) is 2.27. The zero-order chi connectivity index (χ0) is 11.4. The van der Waals surface area contributed by atoms with Gasteiger partial charge in [0, 0.05) is 0 Å². The summed E-state index contributed by atoms with van der Waals surface area (Å²) in [6.45, 7) is 3.56. The highest BCUT2D eigenvalue weighted by molar-refractivity contribution is 9.09. The second kappa shape index (κ2) is 5.09. The first-order valence-corrected chi connectivity index (χ1v) is 5.69. The number of aryl methyl sites for hydroxylation is 1. The van der Waals surface area contributed by atoms with E-state index in [1.165, 1.54) is 6.92 Å². The first-order valence-electron chi connectivity index (χ1n) is 4.77. The molecule has 0 aliphatic carbocycles. The normalized spacial score (nSPS) is 11.9. The van der Waals surface area contributed by atoms with Crippen LogP contribution < -0.4 is 0 Å². The Bertz CT molecular complexity index is 420. The van der Waals surface area contributed by atoms with Crippen LogP contribution in [0.1, 0.15) is 35.4 Å². The number of rotatable bonds is 3. The fourth-order valence-electron chi connectivity index (χ4n) is 1.36. The summed E-state index contributed by atoms with van der Waals surface area (Å²) in [5.74, 6) is 0.0137. The Morgan fingerprint density at radius 3 is 2.73 bits per heavy atom. The fourth-order valence-corrected chi connectivity index (χ4v) is 1.74. The largest absolute Gasteiger partial charge is 0.298 e. The molecule has 0 bridgehead atoms. The van der Waals surface area contributed by atoms with Gasteiger partial charge in [-0.3, -0.25) is 4.79 Å². The predicted molar refractivity (Wildman–Crippen MR) is 62.9 cm³/mol. The minimum atomic E-state index is -0.376. The van der Waals surface area contributed by atoms with Crippen molar-refractivity contribution in [1.82, 2.24) is 0 Å². The molecule has 1 aromatic rings. The smallest absolute Gasteiger partial charge is 0.147 e. The molecular formula is C12H12BrNO. The Hall–Kier alpha value is -1.14. The lowest BCUT2D eigenvalue weighted by Crippen LogP contribution is -2.04. The second-order valence-corrected chi connectivity index (χ2v) is 4.28. The van der Waals surface area contributed by atoms with E-state index in [0.717, 1.165) is 17.5 Å². The SMILES string of the molecule is CCc1ccc(C#N)c(C(Br)C(C)=O)c1. The van der Waals surface area contributed by atoms with Gasteiger partial charge in [-0.25, -0.2) is 0 Å². The van der Waals surface area contributed by atoms with Crippen LogP contribution in [0.2, 0.25) is 0 Å². The number of hydrogen-bond donors (Lipinski definition) is 0. The molecule has 1 rings (SSSR count). The molecule has 3 heteroatoms. The van der Waals surface area contributed by atoms with E-state index in [2.05, 4.69) is 22.0 Å². The van der Waals surface area contributed by atoms with Gasteiger partial charge in [-0.2, -0.15) is 5.26 Å². The minimum absolute atomic E-state index is 0.0137. The molecular weight excluding hydrogens is 254 g/mol. The van der Waals surface area contributed by atoms with Gasteiger partial charge in [0.15, 0.2) is 0 Å². The van der Waals surface area contributed by atoms with Gasteiger partial charge in [-0.1, -0.05) is 35.0 Å². The van der Waals surface area contributed by atoms with Crippen LogP contribution in [0, 0.1) is 11.3 Å². The van der Waals surface area contributed by atoms with Crippen molar-refractivity contribution in [2.24, 2.45) is 0 Å². The molecule has 0 fully saturated rings. The molecule has 1 atom stereocenters. The third-order valence-electron chi connectivity index (χ3n) is 2.27. The van der Waals surface area contributed by atoms with Crippen molar-refractivity contribution in [3.8, 4) is 6.07 Å². The highest BCUT2D eigenvalue weighted by Gasteiger charge is 2.16. The van der Waals surface area contributed by atoms with Crippen LogP contribution in [0.25, 0.3) is 0 Å². The van der Waals surface area contributed by atoms with Crippen molar-refractivity contribution >= 4 is 21.7 Å². The summed E-state index contributed by atoms with van der Waals surface area (Å²) in [7, 11) is 0. The monoisotopic (exact) mass is 265 g/mol. The average molecular weight is 266 g/mol. The third-order valence-corrected chi connectivity index (χ3v) is 3.41. The van der Waals surface area contributed by atoms with Gasteiger partial charge < -0.3 is 0 Å². The topological polar surface area (TPSA) is 40.9 Å². The van der Waals surface area contributed by atoms with E-state index < -0.39 is 0 Å². The molecule has 2 nitrogen and oxygen atoms in total. The molecule has 78 valence electrons. The van der Waals surface area contributed by atoms with Gasteiger partial charge in [-0.15, -0.1) is 0 Å². The number of benzene rings is 1. The number of Topliss-reactive ketones (excluding diaryl/α,β-unsaturated/α-hetero) is 1. The Kier molecular flexibility index (Phi) is 4.05. The van der Waals surface area contributed by atoms with Crippen LogP contribution in [-0.2, 0) is 11.2 Å². The molecule has 0 saturated carbocycles. The lowest BCUT2D eigenvalue weighted by molar-refractivity contribution is -0.116. The van der Waals surface area contributed by atoms with Crippen molar-refractivity contribution in [1.29, 1.82) is 5.26 Å². The Labute approximate surface area is 98.0 Å². The van der Waals surface area contributed by atoms with E-state index in [0.29, 0.717) is 5.56 Å². The van der Waals surface area contributed by atoms with Gasteiger partial charge >= 0.3 is 0 Å². The summed E-state index contributed by atoms with van der Waals surface area (Å²) < 4.78 is 0. The molecule has 0 heterocycles. The quantitative estimate of drug-likeness (QED) is 0.788. The van der Waals surface area contributed by atoms with Crippen LogP contribution in [0.4, 0.5) is 0 Å². The number of hydrogen-bond acceptors (Lipinski definition) is 2. The third kappa shape index (κ3) is 2.66. The maximum absolute atomic E-state index is 11.3. The molecule has 0 aromatic heterocycles. The number of halogens is 1. The van der Waals surface area contributed by atoms with Gasteiger partial charge in [0.25, 0.3) is 0 Å². The summed E-state index contributed by atoms with van der Waals surface area (Å²) in [6.07, 6.45) is 0.899. The fraction of sp³-hybridized carbons (Fsp3) is 0.333. The first-order chi connectivity index (χ1) is 7.10. The van der Waals surface area contributed by atoms with Crippen LogP contribution in [0.15, 0.2) is 18.2 Å². The molecule has 0 aliphatic rings. The maximum Gasteiger partial charge on any atom is 0.147 e. The number of carbonyl (C=O) groups excluding carboxylic acids is 1. The molecule has 0 saturated heterocycles. The zero-order valence-corrected chi connectivity index (χ0v) is 10.3. The number of carbonyl (C=O) groups is 1. The van der Waals surface area contributed by atoms with E-state index in [-0.39, 0.29) is 10.6 Å². The van der Waals surface area contributed by atoms with E-state index in [9.17, 15) is 4.79 Å². The molecule has 15 heavy (non-hydrogen) atoms. The van der Waals surface area contributed by atoms with Gasteiger partial charge in [-0.05, 0) is 30.5 Å². The minimum Gasteiger partial charge on any atom is -0.298 e. The number of nitriles is 1. The van der Waals surface area contributed by atoms with Gasteiger partial charge in [0.05, 0.1) is 16.5 Å². The summed E-state index contributed by atoms with van der Waals surface area (Å²) in [6, 6.07) is 7.70. The standard InChI is InChI=1S/C12H12BrNO/c1-3-9-4-5-10(7-14)11(6-9)12(13)8(2)15/h4-6,12H,3H2,1-2H3. The molecule has 1 aromatic carbocycles. The van der Waals surface area contributed by atoms with E-state index >= 15 is 0 Å². The molecule has 0 spiro atoms. The number of nitrogens with zero attached hydrogens (tertiary/aromatic N) is 1. The van der Waals surface area contributed by atoms with E-state index in [1.54, 1.807) is 6.07 Å². The first kappa shape index (κ1) is 11.9. The Morgan fingerprint density at radius 2 is 2.27 bits per heavy atom. The number of ketones is 1. The second-order valence-electron chi connectivity index (χ2n) is 3.36. The summed E-state index contributed by atoms with van der Waals surface area (Å²) in [4.78, 5) is 10.9. The van der Waals surface area contributed by atoms with Crippen molar-refractivity contribution in [2.45, 2.75) is 25.1 Å². The Morgan fingerprint density at radius 1 is 1.60 bits per heavy atom. The van der Waals surface area contributed by atoms with Gasteiger partial charge in [0.2, 0.25) is 0 Å². The van der Waals surface area contributed by atoms with Crippen molar-refractivity contribution < 1.29 is 4.79 Å². The molecule has 0 radical (unpaired) electrons. The Balaban J connectivity index is 3.24. The molecule has 0 amide bonds. The maximum atomic E-state index is 11.3. The summed E-state index contributed by atoms with van der Waals surface area (Å²) in [5.41, 5.74) is 2.46. The zero-order valence-electron chi connectivity index (χ0n) is 8.75. The summed E-state index contributed by atoms with van der Waals surface area (Å²) >= 11 is 3.30. The predicted octanol–water partition coefficient (Wildman–Crippen LogP) is 3.15. The lowest BCUT2D eigenvalue weighted by atomic mass is 9.99. The molecule has 0 aliphatic heterocycles. The van der Waals surface area contributed by atoms with Crippen molar-refractivity contribution in [2.75, 3.05) is 0 Å². The van der Waals surface area contributed by atoms with Gasteiger partial charge in [0.1, 0.15) is 5.78 Å². The number of alkyl halides is 1. The van der Waals surface area contributed by atoms with Crippen molar-refractivity contribution in [3.05, 3.63) is 34.9 Å². The molecule has 1 unspecified atom stereocenters. The lowest BCUT2D eigenvalue weighted by Gasteiger charge is -2.10. The van der Waals surface area contributed by atoms with Crippen molar-refractivity contribution in [3.63, 3.8) is 0 Å². The highest BCUT2D eigenvalue weighted by atomic mass is 79.9. The highest BCUT2D eigenvalue weighted by Crippen LogP contribution is 2.27. The molecule has 0 N–H and O–H groups in total.